The number of likely N-dealkylation sites (N-methyl/N-ethyl adjacent to an activating group) is 1. The number of benzene rings is 3. The number of fused-ring (bicyclic) bond motifs is 3. The van der Waals surface area contributed by atoms with Crippen LogP contribution >= 0.6 is 0 Å². The van der Waals surface area contributed by atoms with Crippen LogP contribution in [-0.4, -0.2) is 27.8 Å². The van der Waals surface area contributed by atoms with Crippen molar-refractivity contribution in [3.05, 3.63) is 89.6 Å². The first-order chi connectivity index (χ1) is 14.6. The van der Waals surface area contributed by atoms with Gasteiger partial charge in [-0.15, -0.1) is 0 Å². The minimum Gasteiger partial charge on any atom is -0.508 e. The lowest BCUT2D eigenvalue weighted by atomic mass is 9.91. The largest absolute Gasteiger partial charge is 0.508 e. The zero-order chi connectivity index (χ0) is 20.5. The highest BCUT2D eigenvalue weighted by atomic mass is 16.3. The van der Waals surface area contributed by atoms with Gasteiger partial charge < -0.3 is 10.0 Å². The van der Waals surface area contributed by atoms with Crippen molar-refractivity contribution in [1.82, 2.24) is 9.78 Å². The van der Waals surface area contributed by atoms with Crippen LogP contribution in [0.2, 0.25) is 0 Å². The second kappa shape index (κ2) is 5.95. The van der Waals surface area contributed by atoms with Crippen molar-refractivity contribution >= 4 is 22.5 Å². The molecule has 0 saturated heterocycles. The maximum Gasteiger partial charge on any atom is 0.238 e. The van der Waals surface area contributed by atoms with E-state index in [2.05, 4.69) is 35.4 Å². The molecular formula is C25H21N3O2. The predicted octanol–water partition coefficient (Wildman–Crippen LogP) is 4.19. The van der Waals surface area contributed by atoms with Crippen LogP contribution in [-0.2, 0) is 16.8 Å². The number of aromatic hydroxyl groups is 1. The molecule has 148 valence electrons. The summed E-state index contributed by atoms with van der Waals surface area (Å²) in [5.41, 5.74) is 4.71. The van der Waals surface area contributed by atoms with Crippen LogP contribution in [0.4, 0.5) is 5.69 Å². The van der Waals surface area contributed by atoms with E-state index in [1.165, 1.54) is 5.56 Å². The number of anilines is 1. The second-order valence-corrected chi connectivity index (χ2v) is 8.40. The Morgan fingerprint density at radius 1 is 1.10 bits per heavy atom. The molecule has 1 aromatic heterocycles. The smallest absolute Gasteiger partial charge is 0.238 e. The van der Waals surface area contributed by atoms with E-state index < -0.39 is 5.41 Å². The molecule has 1 fully saturated rings. The van der Waals surface area contributed by atoms with Gasteiger partial charge in [0.15, 0.2) is 0 Å². The van der Waals surface area contributed by atoms with E-state index in [9.17, 15) is 9.90 Å². The number of aromatic nitrogens is 2. The molecule has 30 heavy (non-hydrogen) atoms. The molecule has 4 aromatic rings. The van der Waals surface area contributed by atoms with Crippen LogP contribution in [0.25, 0.3) is 10.9 Å². The topological polar surface area (TPSA) is 58.4 Å². The van der Waals surface area contributed by atoms with E-state index in [0.29, 0.717) is 6.54 Å². The van der Waals surface area contributed by atoms with Crippen LogP contribution in [0, 0.1) is 0 Å². The summed E-state index contributed by atoms with van der Waals surface area (Å²) in [4.78, 5) is 14.9. The molecule has 1 spiro atoms. The molecule has 1 aliphatic heterocycles. The predicted molar refractivity (Wildman–Crippen MR) is 116 cm³/mol. The van der Waals surface area contributed by atoms with Crippen LogP contribution in [0.1, 0.15) is 29.0 Å². The summed E-state index contributed by atoms with van der Waals surface area (Å²) in [7, 11) is 1.82. The van der Waals surface area contributed by atoms with Crippen LogP contribution in [0.5, 0.6) is 5.75 Å². The summed E-state index contributed by atoms with van der Waals surface area (Å²) < 4.78 is 2.02. The van der Waals surface area contributed by atoms with E-state index in [-0.39, 0.29) is 17.6 Å². The van der Waals surface area contributed by atoms with E-state index in [4.69, 9.17) is 0 Å². The Hall–Kier alpha value is -3.60. The molecule has 1 saturated carbocycles. The maximum absolute atomic E-state index is 13.2. The number of nitrogens with zero attached hydrogens (tertiary/aromatic N) is 3. The van der Waals surface area contributed by atoms with E-state index in [1.807, 2.05) is 42.2 Å². The molecule has 0 radical (unpaired) electrons. The standard InChI is InChI=1S/C25H21N3O2/c1-27-22-10-9-19(29)12-20(22)25(24(27)30)13-21(25)17-7-8-18-14-26-28(23(18)11-17)15-16-5-3-2-4-6-16/h2-12,14,21,29H,13,15H2,1H3. The van der Waals surface area contributed by atoms with Gasteiger partial charge in [0, 0.05) is 24.0 Å². The Bertz CT molecular complexity index is 1310. The van der Waals surface area contributed by atoms with Crippen molar-refractivity contribution in [3.8, 4) is 5.75 Å². The Morgan fingerprint density at radius 2 is 1.93 bits per heavy atom. The summed E-state index contributed by atoms with van der Waals surface area (Å²) in [5, 5.41) is 15.7. The summed E-state index contributed by atoms with van der Waals surface area (Å²) in [6.07, 6.45) is 2.66. The van der Waals surface area contributed by atoms with Gasteiger partial charge in [0.25, 0.3) is 0 Å². The molecule has 2 aliphatic rings. The quantitative estimate of drug-likeness (QED) is 0.566. The third kappa shape index (κ3) is 2.29. The number of carbonyl (C=O) groups is 1. The minimum atomic E-state index is -0.555. The van der Waals surface area contributed by atoms with Crippen molar-refractivity contribution in [2.24, 2.45) is 0 Å². The van der Waals surface area contributed by atoms with Crippen molar-refractivity contribution < 1.29 is 9.90 Å². The summed E-state index contributed by atoms with van der Waals surface area (Å²) in [6, 6.07) is 21.9. The van der Waals surface area contributed by atoms with Gasteiger partial charge in [-0.25, -0.2) is 0 Å². The molecule has 6 rings (SSSR count). The summed E-state index contributed by atoms with van der Waals surface area (Å²) in [6.45, 7) is 0.710. The molecule has 1 aliphatic carbocycles. The number of hydrogen-bond acceptors (Lipinski definition) is 3. The Balaban J connectivity index is 1.40. The number of rotatable bonds is 3. The van der Waals surface area contributed by atoms with Crippen molar-refractivity contribution in [2.45, 2.75) is 24.3 Å². The number of amides is 1. The first-order valence-electron chi connectivity index (χ1n) is 10.2. The van der Waals surface area contributed by atoms with Gasteiger partial charge in [-0.05, 0) is 47.4 Å². The second-order valence-electron chi connectivity index (χ2n) is 8.40. The zero-order valence-electron chi connectivity index (χ0n) is 16.6. The zero-order valence-corrected chi connectivity index (χ0v) is 16.6. The normalized spacial score (nSPS) is 22.1. The van der Waals surface area contributed by atoms with Gasteiger partial charge in [0.2, 0.25) is 5.91 Å². The molecule has 1 amide bonds. The highest BCUT2D eigenvalue weighted by molar-refractivity contribution is 6.11. The van der Waals surface area contributed by atoms with Gasteiger partial charge in [0.1, 0.15) is 5.75 Å². The Labute approximate surface area is 174 Å². The SMILES string of the molecule is CN1C(=O)C2(CC2c2ccc3cnn(Cc4ccccc4)c3c2)c2cc(O)ccc21. The minimum absolute atomic E-state index is 0.111. The van der Waals surface area contributed by atoms with Crippen LogP contribution in [0.3, 0.4) is 0 Å². The third-order valence-electron chi connectivity index (χ3n) is 6.72. The average Bonchev–Trinajstić information content (AvgIpc) is 3.36. The van der Waals surface area contributed by atoms with E-state index in [0.717, 1.165) is 34.1 Å². The highest BCUT2D eigenvalue weighted by Crippen LogP contribution is 2.66. The van der Waals surface area contributed by atoms with Gasteiger partial charge in [-0.3, -0.25) is 9.48 Å². The Kier molecular flexibility index (Phi) is 3.43. The molecule has 2 unspecified atom stereocenters. The van der Waals surface area contributed by atoms with Crippen LogP contribution < -0.4 is 4.90 Å². The number of hydrogen-bond donors (Lipinski definition) is 1. The molecule has 3 aromatic carbocycles. The van der Waals surface area contributed by atoms with Gasteiger partial charge in [-0.1, -0.05) is 42.5 Å². The monoisotopic (exact) mass is 395 g/mol. The lowest BCUT2D eigenvalue weighted by molar-refractivity contribution is -0.120. The van der Waals surface area contributed by atoms with E-state index >= 15 is 0 Å². The summed E-state index contributed by atoms with van der Waals surface area (Å²) >= 11 is 0. The molecule has 2 atom stereocenters. The number of carbonyl (C=O) groups excluding carboxylic acids is 1. The number of phenolic OH excluding ortho intramolecular Hbond substituents is 1. The lowest BCUT2D eigenvalue weighted by Gasteiger charge is -2.12. The molecule has 2 heterocycles. The number of phenols is 1. The average molecular weight is 395 g/mol. The van der Waals surface area contributed by atoms with Crippen LogP contribution in [0.15, 0.2) is 72.9 Å². The van der Waals surface area contributed by atoms with Crippen molar-refractivity contribution in [3.63, 3.8) is 0 Å². The fraction of sp³-hybridized carbons (Fsp3) is 0.200. The van der Waals surface area contributed by atoms with Crippen molar-refractivity contribution in [2.75, 3.05) is 11.9 Å². The van der Waals surface area contributed by atoms with Crippen molar-refractivity contribution in [1.29, 1.82) is 0 Å². The lowest BCUT2D eigenvalue weighted by Crippen LogP contribution is -2.29. The third-order valence-corrected chi connectivity index (χ3v) is 6.72. The molecular weight excluding hydrogens is 374 g/mol. The molecule has 5 heteroatoms. The van der Waals surface area contributed by atoms with Gasteiger partial charge in [0.05, 0.1) is 23.7 Å². The van der Waals surface area contributed by atoms with Gasteiger partial charge in [-0.2, -0.15) is 5.10 Å². The molecule has 5 nitrogen and oxygen atoms in total. The maximum atomic E-state index is 13.2. The fourth-order valence-corrected chi connectivity index (χ4v) is 5.08. The molecule has 1 N–H and O–H groups in total. The van der Waals surface area contributed by atoms with Gasteiger partial charge >= 0.3 is 0 Å². The molecule has 0 bridgehead atoms. The first kappa shape index (κ1) is 17.3. The highest BCUT2D eigenvalue weighted by Gasteiger charge is 2.66. The Morgan fingerprint density at radius 3 is 2.77 bits per heavy atom. The first-order valence-corrected chi connectivity index (χ1v) is 10.2. The van der Waals surface area contributed by atoms with E-state index in [1.54, 1.807) is 17.0 Å². The summed E-state index contributed by atoms with van der Waals surface area (Å²) in [5.74, 6) is 0.434. The fourth-order valence-electron chi connectivity index (χ4n) is 5.08.